The molecule has 82 valence electrons. The zero-order valence-corrected chi connectivity index (χ0v) is 8.80. The topological polar surface area (TPSA) is 70.3 Å². The Morgan fingerprint density at radius 2 is 2.38 bits per heavy atom. The van der Waals surface area contributed by atoms with Crippen LogP contribution in [0.4, 0.5) is 0 Å². The molecule has 0 spiro atoms. The predicted octanol–water partition coefficient (Wildman–Crippen LogP) is 1.84. The summed E-state index contributed by atoms with van der Waals surface area (Å²) in [6, 6.07) is 6.35. The molecule has 0 amide bonds. The molecule has 0 heterocycles. The van der Waals surface area contributed by atoms with E-state index in [0.717, 1.165) is 0 Å². The first kappa shape index (κ1) is 11.8. The fraction of sp³-hybridized carbons (Fsp3) is 0.167. The highest BCUT2D eigenvalue weighted by Gasteiger charge is 2.00. The second-order valence-electron chi connectivity index (χ2n) is 2.97. The van der Waals surface area contributed by atoms with E-state index in [4.69, 9.17) is 10.00 Å². The lowest BCUT2D eigenvalue weighted by Gasteiger charge is -1.98. The van der Waals surface area contributed by atoms with E-state index in [0.29, 0.717) is 12.2 Å². The van der Waals surface area contributed by atoms with Crippen LogP contribution >= 0.6 is 0 Å². The molecule has 16 heavy (non-hydrogen) atoms. The number of aromatic hydroxyl groups is 1. The number of carbonyl (C=O) groups is 1. The minimum atomic E-state index is -0.436. The van der Waals surface area contributed by atoms with Crippen LogP contribution in [0.3, 0.4) is 0 Å². The molecular formula is C12H11NO3. The molecule has 0 aliphatic carbocycles. The minimum Gasteiger partial charge on any atom is -0.507 e. The number of phenols is 1. The summed E-state index contributed by atoms with van der Waals surface area (Å²) in [5.74, 6) is -0.509. The molecule has 0 saturated carbocycles. The fourth-order valence-electron chi connectivity index (χ4n) is 1.10. The van der Waals surface area contributed by atoms with Gasteiger partial charge in [0, 0.05) is 6.08 Å². The van der Waals surface area contributed by atoms with Gasteiger partial charge in [0.1, 0.15) is 11.8 Å². The van der Waals surface area contributed by atoms with Crippen molar-refractivity contribution in [1.29, 1.82) is 5.26 Å². The first-order chi connectivity index (χ1) is 7.67. The number of ether oxygens (including phenoxy) is 1. The largest absolute Gasteiger partial charge is 0.507 e. The van der Waals surface area contributed by atoms with Gasteiger partial charge in [-0.15, -0.1) is 0 Å². The van der Waals surface area contributed by atoms with Gasteiger partial charge in [0.2, 0.25) is 0 Å². The number of carbonyl (C=O) groups excluding carboxylic acids is 1. The summed E-state index contributed by atoms with van der Waals surface area (Å²) < 4.78 is 4.70. The Morgan fingerprint density at radius 3 is 3.00 bits per heavy atom. The molecule has 0 radical (unpaired) electrons. The maximum atomic E-state index is 11.0. The number of phenolic OH excluding ortho intramolecular Hbond substituents is 1. The van der Waals surface area contributed by atoms with Crippen LogP contribution in [0, 0.1) is 11.3 Å². The first-order valence-electron chi connectivity index (χ1n) is 4.75. The van der Waals surface area contributed by atoms with Crippen molar-refractivity contribution in [3.63, 3.8) is 0 Å². The Labute approximate surface area is 93.4 Å². The van der Waals surface area contributed by atoms with Gasteiger partial charge in [-0.1, -0.05) is 6.07 Å². The SMILES string of the molecule is CCOC(=O)/C=C/c1ccc(O)c(C#N)c1. The highest BCUT2D eigenvalue weighted by atomic mass is 16.5. The summed E-state index contributed by atoms with van der Waals surface area (Å²) in [6.07, 6.45) is 2.80. The van der Waals surface area contributed by atoms with Gasteiger partial charge in [0.15, 0.2) is 0 Å². The van der Waals surface area contributed by atoms with E-state index < -0.39 is 5.97 Å². The minimum absolute atomic E-state index is 0.0733. The lowest BCUT2D eigenvalue weighted by Crippen LogP contribution is -1.98. The van der Waals surface area contributed by atoms with Gasteiger partial charge >= 0.3 is 5.97 Å². The lowest BCUT2D eigenvalue weighted by atomic mass is 10.1. The molecule has 1 aromatic carbocycles. The molecular weight excluding hydrogens is 206 g/mol. The van der Waals surface area contributed by atoms with Gasteiger partial charge < -0.3 is 9.84 Å². The monoisotopic (exact) mass is 217 g/mol. The van der Waals surface area contributed by atoms with Crippen molar-refractivity contribution < 1.29 is 14.6 Å². The number of benzene rings is 1. The average Bonchev–Trinajstić information content (AvgIpc) is 2.28. The quantitative estimate of drug-likeness (QED) is 0.619. The highest BCUT2D eigenvalue weighted by Crippen LogP contribution is 2.17. The van der Waals surface area contributed by atoms with Gasteiger partial charge in [-0.05, 0) is 30.7 Å². The molecule has 0 atom stereocenters. The standard InChI is InChI=1S/C12H11NO3/c1-2-16-12(15)6-4-9-3-5-11(14)10(7-9)8-13/h3-7,14H,2H2,1H3/b6-4+. The van der Waals surface area contributed by atoms with Crippen LogP contribution in [0.2, 0.25) is 0 Å². The smallest absolute Gasteiger partial charge is 0.330 e. The van der Waals surface area contributed by atoms with Crippen LogP contribution < -0.4 is 0 Å². The maximum Gasteiger partial charge on any atom is 0.330 e. The molecule has 0 aromatic heterocycles. The number of nitriles is 1. The van der Waals surface area contributed by atoms with E-state index >= 15 is 0 Å². The normalized spacial score (nSPS) is 10.0. The third-order valence-electron chi connectivity index (χ3n) is 1.84. The van der Waals surface area contributed by atoms with Crippen molar-refractivity contribution >= 4 is 12.0 Å². The summed E-state index contributed by atoms with van der Waals surface area (Å²) in [5, 5.41) is 17.9. The Morgan fingerprint density at radius 1 is 1.62 bits per heavy atom. The molecule has 1 N–H and O–H groups in total. The number of hydrogen-bond donors (Lipinski definition) is 1. The van der Waals surface area contributed by atoms with Crippen molar-refractivity contribution in [2.75, 3.05) is 6.61 Å². The molecule has 0 fully saturated rings. The average molecular weight is 217 g/mol. The van der Waals surface area contributed by atoms with Gasteiger partial charge in [-0.3, -0.25) is 0 Å². The van der Waals surface area contributed by atoms with Gasteiger partial charge in [0.05, 0.1) is 12.2 Å². The van der Waals surface area contributed by atoms with Gasteiger partial charge in [0.25, 0.3) is 0 Å². The second-order valence-corrected chi connectivity index (χ2v) is 2.97. The van der Waals surface area contributed by atoms with E-state index in [-0.39, 0.29) is 11.3 Å². The number of rotatable bonds is 3. The Balaban J connectivity index is 2.83. The predicted molar refractivity (Wildman–Crippen MR) is 58.5 cm³/mol. The molecule has 0 saturated heterocycles. The van der Waals surface area contributed by atoms with Crippen molar-refractivity contribution in [2.45, 2.75) is 6.92 Å². The van der Waals surface area contributed by atoms with E-state index in [9.17, 15) is 9.90 Å². The van der Waals surface area contributed by atoms with Crippen molar-refractivity contribution in [3.05, 3.63) is 35.4 Å². The van der Waals surface area contributed by atoms with Crippen LogP contribution in [0.1, 0.15) is 18.1 Å². The van der Waals surface area contributed by atoms with Crippen LogP contribution in [0.25, 0.3) is 6.08 Å². The number of hydrogen-bond acceptors (Lipinski definition) is 4. The zero-order chi connectivity index (χ0) is 12.0. The maximum absolute atomic E-state index is 11.0. The van der Waals surface area contributed by atoms with Gasteiger partial charge in [-0.25, -0.2) is 4.79 Å². The molecule has 4 heteroatoms. The zero-order valence-electron chi connectivity index (χ0n) is 8.80. The third kappa shape index (κ3) is 3.14. The second kappa shape index (κ2) is 5.56. The number of esters is 1. The third-order valence-corrected chi connectivity index (χ3v) is 1.84. The molecule has 0 aliphatic heterocycles. The van der Waals surface area contributed by atoms with Crippen LogP contribution in [-0.2, 0) is 9.53 Å². The van der Waals surface area contributed by atoms with E-state index in [2.05, 4.69) is 0 Å². The Bertz CT molecular complexity index is 458. The summed E-state index contributed by atoms with van der Waals surface area (Å²) in [6.45, 7) is 2.04. The summed E-state index contributed by atoms with van der Waals surface area (Å²) in [5.41, 5.74) is 0.827. The van der Waals surface area contributed by atoms with Crippen LogP contribution in [0.15, 0.2) is 24.3 Å². The fourth-order valence-corrected chi connectivity index (χ4v) is 1.10. The molecule has 0 bridgehead atoms. The highest BCUT2D eigenvalue weighted by molar-refractivity contribution is 5.87. The van der Waals surface area contributed by atoms with E-state index in [1.54, 1.807) is 13.0 Å². The van der Waals surface area contributed by atoms with Crippen LogP contribution in [0.5, 0.6) is 5.75 Å². The van der Waals surface area contributed by atoms with Crippen molar-refractivity contribution in [1.82, 2.24) is 0 Å². The van der Waals surface area contributed by atoms with Crippen molar-refractivity contribution in [2.24, 2.45) is 0 Å². The Kier molecular flexibility index (Phi) is 4.10. The van der Waals surface area contributed by atoms with Crippen LogP contribution in [-0.4, -0.2) is 17.7 Å². The van der Waals surface area contributed by atoms with Crippen molar-refractivity contribution in [3.8, 4) is 11.8 Å². The Hall–Kier alpha value is -2.28. The van der Waals surface area contributed by atoms with Gasteiger partial charge in [-0.2, -0.15) is 5.26 Å². The summed E-state index contributed by atoms with van der Waals surface area (Å²) in [4.78, 5) is 11.0. The molecule has 4 nitrogen and oxygen atoms in total. The summed E-state index contributed by atoms with van der Waals surface area (Å²) >= 11 is 0. The molecule has 0 aliphatic rings. The lowest BCUT2D eigenvalue weighted by molar-refractivity contribution is -0.137. The van der Waals surface area contributed by atoms with E-state index in [1.807, 2.05) is 6.07 Å². The molecule has 1 aromatic rings. The summed E-state index contributed by atoms with van der Waals surface area (Å²) in [7, 11) is 0. The first-order valence-corrected chi connectivity index (χ1v) is 4.75. The van der Waals surface area contributed by atoms with E-state index in [1.165, 1.54) is 24.3 Å². The molecule has 1 rings (SSSR count). The number of nitrogens with zero attached hydrogens (tertiary/aromatic N) is 1. The molecule has 0 unspecified atom stereocenters.